The van der Waals surface area contributed by atoms with Crippen molar-refractivity contribution in [1.29, 1.82) is 0 Å². The highest BCUT2D eigenvalue weighted by atomic mass is 19.1. The largest absolute Gasteiger partial charge is 0.392 e. The minimum Gasteiger partial charge on any atom is -0.392 e. The zero-order chi connectivity index (χ0) is 11.5. The van der Waals surface area contributed by atoms with Crippen molar-refractivity contribution in [3.8, 4) is 0 Å². The van der Waals surface area contributed by atoms with E-state index in [4.69, 9.17) is 5.11 Å². The van der Waals surface area contributed by atoms with E-state index in [1.54, 1.807) is 12.1 Å². The Morgan fingerprint density at radius 1 is 1.50 bits per heavy atom. The van der Waals surface area contributed by atoms with Crippen LogP contribution >= 0.6 is 0 Å². The predicted molar refractivity (Wildman–Crippen MR) is 61.3 cm³/mol. The fourth-order valence-corrected chi connectivity index (χ4v) is 1.90. The molecule has 2 nitrogen and oxygen atoms in total. The van der Waals surface area contributed by atoms with Crippen LogP contribution in [0.5, 0.6) is 0 Å². The van der Waals surface area contributed by atoms with Gasteiger partial charge in [0.25, 0.3) is 0 Å². The Morgan fingerprint density at radius 3 is 2.88 bits per heavy atom. The van der Waals surface area contributed by atoms with Crippen LogP contribution in [0.25, 0.3) is 0 Å². The number of aliphatic hydroxyl groups is 1. The van der Waals surface area contributed by atoms with Crippen LogP contribution in [-0.4, -0.2) is 11.1 Å². The molecule has 1 aromatic carbocycles. The first-order chi connectivity index (χ1) is 7.70. The number of rotatable bonds is 5. The monoisotopic (exact) mass is 223 g/mol. The Labute approximate surface area is 95.5 Å². The van der Waals surface area contributed by atoms with E-state index in [0.29, 0.717) is 11.6 Å². The van der Waals surface area contributed by atoms with Gasteiger partial charge < -0.3 is 10.4 Å². The fraction of sp³-hybridized carbons (Fsp3) is 0.538. The van der Waals surface area contributed by atoms with Crippen LogP contribution in [0.3, 0.4) is 0 Å². The maximum Gasteiger partial charge on any atom is 0.128 e. The summed E-state index contributed by atoms with van der Waals surface area (Å²) < 4.78 is 13.1. The summed E-state index contributed by atoms with van der Waals surface area (Å²) in [5.41, 5.74) is 1.40. The molecule has 3 heteroatoms. The van der Waals surface area contributed by atoms with Gasteiger partial charge in [0, 0.05) is 18.2 Å². The summed E-state index contributed by atoms with van der Waals surface area (Å²) in [5.74, 6) is 0.485. The number of hydrogen-bond acceptors (Lipinski definition) is 2. The third-order valence-corrected chi connectivity index (χ3v) is 3.24. The van der Waals surface area contributed by atoms with Crippen molar-refractivity contribution in [1.82, 2.24) is 5.32 Å². The molecule has 0 saturated heterocycles. The molecule has 1 unspecified atom stereocenters. The average molecular weight is 223 g/mol. The van der Waals surface area contributed by atoms with Gasteiger partial charge >= 0.3 is 0 Å². The molecule has 0 bridgehead atoms. The topological polar surface area (TPSA) is 32.3 Å². The van der Waals surface area contributed by atoms with Gasteiger partial charge in [-0.25, -0.2) is 4.39 Å². The van der Waals surface area contributed by atoms with Crippen LogP contribution in [0.4, 0.5) is 4.39 Å². The first-order valence-electron chi connectivity index (χ1n) is 5.82. The zero-order valence-corrected chi connectivity index (χ0v) is 9.54. The molecule has 2 N–H and O–H groups in total. The summed E-state index contributed by atoms with van der Waals surface area (Å²) in [4.78, 5) is 0. The average Bonchev–Trinajstić information content (AvgIpc) is 3.11. The molecular weight excluding hydrogens is 205 g/mol. The Kier molecular flexibility index (Phi) is 3.56. The summed E-state index contributed by atoms with van der Waals surface area (Å²) in [5, 5.41) is 12.4. The smallest absolute Gasteiger partial charge is 0.128 e. The minimum absolute atomic E-state index is 0.238. The number of aliphatic hydroxyl groups excluding tert-OH is 1. The fourth-order valence-electron chi connectivity index (χ4n) is 1.90. The van der Waals surface area contributed by atoms with Gasteiger partial charge in [0.1, 0.15) is 5.82 Å². The van der Waals surface area contributed by atoms with Crippen molar-refractivity contribution in [3.05, 3.63) is 35.1 Å². The molecular formula is C13H18FNO. The van der Waals surface area contributed by atoms with Crippen molar-refractivity contribution >= 4 is 0 Å². The van der Waals surface area contributed by atoms with E-state index in [-0.39, 0.29) is 12.4 Å². The summed E-state index contributed by atoms with van der Waals surface area (Å²) in [6.07, 6.45) is 2.64. The highest BCUT2D eigenvalue weighted by Gasteiger charge is 2.27. The SMILES string of the molecule is CC(NCc1ccc(F)c(CO)c1)C1CC1. The highest BCUT2D eigenvalue weighted by Crippen LogP contribution is 2.32. The molecule has 88 valence electrons. The predicted octanol–water partition coefficient (Wildman–Crippen LogP) is 2.21. The van der Waals surface area contributed by atoms with Crippen LogP contribution < -0.4 is 5.32 Å². The second kappa shape index (κ2) is 4.93. The molecule has 1 aliphatic carbocycles. The molecule has 0 heterocycles. The van der Waals surface area contributed by atoms with Crippen LogP contribution in [0.15, 0.2) is 18.2 Å². The van der Waals surface area contributed by atoms with Gasteiger partial charge in [0.2, 0.25) is 0 Å². The van der Waals surface area contributed by atoms with E-state index in [1.165, 1.54) is 18.9 Å². The van der Waals surface area contributed by atoms with E-state index in [1.807, 2.05) is 0 Å². The Morgan fingerprint density at radius 2 is 2.25 bits per heavy atom. The van der Waals surface area contributed by atoms with Crippen LogP contribution in [0.2, 0.25) is 0 Å². The third-order valence-electron chi connectivity index (χ3n) is 3.24. The normalized spacial score (nSPS) is 17.4. The molecule has 1 atom stereocenters. The maximum absolute atomic E-state index is 13.1. The van der Waals surface area contributed by atoms with E-state index < -0.39 is 0 Å². The lowest BCUT2D eigenvalue weighted by Crippen LogP contribution is -2.27. The van der Waals surface area contributed by atoms with Crippen LogP contribution in [0, 0.1) is 11.7 Å². The number of benzene rings is 1. The summed E-state index contributed by atoms with van der Waals surface area (Å²) in [6, 6.07) is 5.44. The molecule has 16 heavy (non-hydrogen) atoms. The zero-order valence-electron chi connectivity index (χ0n) is 9.54. The first-order valence-corrected chi connectivity index (χ1v) is 5.82. The standard InChI is InChI=1S/C13H18FNO/c1-9(11-3-4-11)15-7-10-2-5-13(14)12(6-10)8-16/h2,5-6,9,11,15-16H,3-4,7-8H2,1H3. The van der Waals surface area contributed by atoms with Crippen molar-refractivity contribution in [2.24, 2.45) is 5.92 Å². The van der Waals surface area contributed by atoms with Crippen molar-refractivity contribution in [2.75, 3.05) is 0 Å². The van der Waals surface area contributed by atoms with Crippen molar-refractivity contribution in [3.63, 3.8) is 0 Å². The quantitative estimate of drug-likeness (QED) is 0.802. The molecule has 0 amide bonds. The minimum atomic E-state index is -0.332. The third kappa shape index (κ3) is 2.80. The van der Waals surface area contributed by atoms with Gasteiger partial charge in [-0.1, -0.05) is 6.07 Å². The van der Waals surface area contributed by atoms with E-state index in [2.05, 4.69) is 12.2 Å². The lowest BCUT2D eigenvalue weighted by Gasteiger charge is -2.13. The van der Waals surface area contributed by atoms with Crippen molar-refractivity contribution < 1.29 is 9.50 Å². The Bertz CT molecular complexity index is 363. The second-order valence-electron chi connectivity index (χ2n) is 4.59. The number of hydrogen-bond donors (Lipinski definition) is 2. The van der Waals surface area contributed by atoms with Gasteiger partial charge in [0.05, 0.1) is 6.61 Å². The van der Waals surface area contributed by atoms with Gasteiger partial charge in [-0.2, -0.15) is 0 Å². The Hall–Kier alpha value is -0.930. The lowest BCUT2D eigenvalue weighted by atomic mass is 10.1. The maximum atomic E-state index is 13.1. The van der Waals surface area contributed by atoms with Crippen LogP contribution in [0.1, 0.15) is 30.9 Å². The van der Waals surface area contributed by atoms with Crippen LogP contribution in [-0.2, 0) is 13.2 Å². The summed E-state index contributed by atoms with van der Waals surface area (Å²) in [7, 11) is 0. The molecule has 1 aromatic rings. The molecule has 0 radical (unpaired) electrons. The molecule has 1 fully saturated rings. The molecule has 0 aliphatic heterocycles. The lowest BCUT2D eigenvalue weighted by molar-refractivity contribution is 0.275. The molecule has 1 aliphatic rings. The number of halogens is 1. The van der Waals surface area contributed by atoms with Gasteiger partial charge in [-0.3, -0.25) is 0 Å². The second-order valence-corrected chi connectivity index (χ2v) is 4.59. The molecule has 1 saturated carbocycles. The highest BCUT2D eigenvalue weighted by molar-refractivity contribution is 5.24. The van der Waals surface area contributed by atoms with E-state index in [0.717, 1.165) is 18.0 Å². The number of nitrogens with one attached hydrogen (secondary N) is 1. The molecule has 0 aromatic heterocycles. The first kappa shape index (κ1) is 11.6. The Balaban J connectivity index is 1.93. The van der Waals surface area contributed by atoms with E-state index in [9.17, 15) is 4.39 Å². The van der Waals surface area contributed by atoms with Gasteiger partial charge in [0.15, 0.2) is 0 Å². The molecule has 2 rings (SSSR count). The summed E-state index contributed by atoms with van der Waals surface area (Å²) in [6.45, 7) is 2.69. The van der Waals surface area contributed by atoms with Crippen molar-refractivity contribution in [2.45, 2.75) is 39.0 Å². The summed E-state index contributed by atoms with van der Waals surface area (Å²) >= 11 is 0. The van der Waals surface area contributed by atoms with Gasteiger partial charge in [-0.15, -0.1) is 0 Å². The molecule has 0 spiro atoms. The van der Waals surface area contributed by atoms with Gasteiger partial charge in [-0.05, 0) is 43.4 Å². The van der Waals surface area contributed by atoms with E-state index >= 15 is 0 Å².